The van der Waals surface area contributed by atoms with Crippen molar-refractivity contribution in [1.29, 1.82) is 0 Å². The van der Waals surface area contributed by atoms with Crippen LogP contribution in [-0.4, -0.2) is 35.4 Å². The van der Waals surface area contributed by atoms with Crippen molar-refractivity contribution in [3.63, 3.8) is 0 Å². The first-order valence-corrected chi connectivity index (χ1v) is 6.51. The van der Waals surface area contributed by atoms with Gasteiger partial charge in [-0.05, 0) is 38.5 Å². The lowest BCUT2D eigenvalue weighted by Crippen LogP contribution is -2.30. The molecular weight excluding hydrogens is 194 g/mol. The third-order valence-electron chi connectivity index (χ3n) is 2.63. The summed E-state index contributed by atoms with van der Waals surface area (Å²) in [5, 5.41) is 0.749. The van der Waals surface area contributed by atoms with Crippen LogP contribution in [0, 0.1) is 0 Å². The summed E-state index contributed by atoms with van der Waals surface area (Å²) in [5.74, 6) is 0.175. The highest BCUT2D eigenvalue weighted by Crippen LogP contribution is 2.21. The van der Waals surface area contributed by atoms with Gasteiger partial charge in [-0.15, -0.1) is 0 Å². The number of hydrogen-bond donors (Lipinski definition) is 0. The third-order valence-corrected chi connectivity index (χ3v) is 3.77. The van der Waals surface area contributed by atoms with Crippen molar-refractivity contribution in [2.75, 3.05) is 19.3 Å². The number of nitrogens with zero attached hydrogens (tertiary/aromatic N) is 1. The number of allylic oxidation sites excluding steroid dienone is 1. The van der Waals surface area contributed by atoms with E-state index in [1.54, 1.807) is 6.08 Å². The van der Waals surface area contributed by atoms with E-state index in [-0.39, 0.29) is 5.91 Å². The molecule has 1 amide bonds. The summed E-state index contributed by atoms with van der Waals surface area (Å²) in [6, 6.07) is 0. The predicted molar refractivity (Wildman–Crippen MR) is 62.5 cm³/mol. The molecular formula is C11H19NOS. The minimum Gasteiger partial charge on any atom is -0.339 e. The smallest absolute Gasteiger partial charge is 0.246 e. The van der Waals surface area contributed by atoms with Gasteiger partial charge < -0.3 is 4.90 Å². The fourth-order valence-corrected chi connectivity index (χ4v) is 2.51. The second-order valence-electron chi connectivity index (χ2n) is 3.61. The minimum absolute atomic E-state index is 0.175. The Morgan fingerprint density at radius 2 is 2.21 bits per heavy atom. The van der Waals surface area contributed by atoms with Crippen LogP contribution in [0.1, 0.15) is 26.2 Å². The van der Waals surface area contributed by atoms with Crippen LogP contribution in [0.15, 0.2) is 12.2 Å². The van der Waals surface area contributed by atoms with Gasteiger partial charge in [0.05, 0.1) is 0 Å². The maximum absolute atomic E-state index is 11.6. The van der Waals surface area contributed by atoms with Crippen LogP contribution >= 0.6 is 11.8 Å². The van der Waals surface area contributed by atoms with E-state index in [1.807, 2.05) is 29.7 Å². The van der Waals surface area contributed by atoms with Crippen molar-refractivity contribution < 1.29 is 4.79 Å². The number of rotatable bonds is 2. The van der Waals surface area contributed by atoms with E-state index in [1.165, 1.54) is 6.42 Å². The lowest BCUT2D eigenvalue weighted by molar-refractivity contribution is -0.125. The second kappa shape index (κ2) is 6.12. The highest BCUT2D eigenvalue weighted by Gasteiger charge is 2.18. The largest absolute Gasteiger partial charge is 0.339 e. The van der Waals surface area contributed by atoms with E-state index in [2.05, 4.69) is 6.26 Å². The van der Waals surface area contributed by atoms with Crippen molar-refractivity contribution in [3.8, 4) is 0 Å². The number of amides is 1. The van der Waals surface area contributed by atoms with Crippen molar-refractivity contribution in [3.05, 3.63) is 12.2 Å². The van der Waals surface area contributed by atoms with Crippen LogP contribution in [0.25, 0.3) is 0 Å². The maximum Gasteiger partial charge on any atom is 0.246 e. The maximum atomic E-state index is 11.6. The van der Waals surface area contributed by atoms with E-state index in [4.69, 9.17) is 0 Å². The van der Waals surface area contributed by atoms with Gasteiger partial charge in [0, 0.05) is 18.3 Å². The molecule has 1 heterocycles. The van der Waals surface area contributed by atoms with Crippen LogP contribution in [-0.2, 0) is 4.79 Å². The summed E-state index contributed by atoms with van der Waals surface area (Å²) < 4.78 is 0. The van der Waals surface area contributed by atoms with Crippen molar-refractivity contribution >= 4 is 17.7 Å². The molecule has 0 aliphatic carbocycles. The summed E-state index contributed by atoms with van der Waals surface area (Å²) >= 11 is 1.93. The molecule has 1 atom stereocenters. The molecule has 1 fully saturated rings. The zero-order chi connectivity index (χ0) is 10.4. The highest BCUT2D eigenvalue weighted by atomic mass is 32.2. The molecule has 1 saturated heterocycles. The lowest BCUT2D eigenvalue weighted by atomic mass is 10.2. The average molecular weight is 213 g/mol. The van der Waals surface area contributed by atoms with E-state index >= 15 is 0 Å². The summed E-state index contributed by atoms with van der Waals surface area (Å²) in [6.45, 7) is 3.75. The van der Waals surface area contributed by atoms with Gasteiger partial charge in [-0.2, -0.15) is 11.8 Å². The lowest BCUT2D eigenvalue weighted by Gasteiger charge is -2.18. The minimum atomic E-state index is 0.175. The van der Waals surface area contributed by atoms with Crippen molar-refractivity contribution in [1.82, 2.24) is 4.90 Å². The third kappa shape index (κ3) is 3.37. The first kappa shape index (κ1) is 11.6. The number of likely N-dealkylation sites (tertiary alicyclic amines) is 1. The zero-order valence-electron chi connectivity index (χ0n) is 9.03. The van der Waals surface area contributed by atoms with Gasteiger partial charge >= 0.3 is 0 Å². The number of hydrogen-bond acceptors (Lipinski definition) is 2. The van der Waals surface area contributed by atoms with Gasteiger partial charge in [0.1, 0.15) is 0 Å². The van der Waals surface area contributed by atoms with Crippen LogP contribution in [0.4, 0.5) is 0 Å². The Bertz CT molecular complexity index is 215. The first-order valence-electron chi connectivity index (χ1n) is 5.22. The van der Waals surface area contributed by atoms with Gasteiger partial charge in [0.25, 0.3) is 0 Å². The molecule has 0 aromatic carbocycles. The Balaban J connectivity index is 2.45. The summed E-state index contributed by atoms with van der Waals surface area (Å²) in [4.78, 5) is 13.5. The van der Waals surface area contributed by atoms with Crippen LogP contribution < -0.4 is 0 Å². The molecule has 80 valence electrons. The average Bonchev–Trinajstić information content (AvgIpc) is 2.42. The molecule has 2 nitrogen and oxygen atoms in total. The molecule has 3 heteroatoms. The van der Waals surface area contributed by atoms with Gasteiger partial charge in [-0.1, -0.05) is 6.08 Å². The molecule has 1 unspecified atom stereocenters. The standard InChI is InChI=1S/C11H19NOS/c1-3-5-11(13)12-8-4-6-10(14-2)7-9-12/h3,5,10H,4,6-9H2,1-2H3/b5-3+. The molecule has 1 aliphatic rings. The zero-order valence-corrected chi connectivity index (χ0v) is 9.85. The quantitative estimate of drug-likeness (QED) is 0.656. The molecule has 1 rings (SSSR count). The van der Waals surface area contributed by atoms with Gasteiger partial charge in [-0.25, -0.2) is 0 Å². The van der Waals surface area contributed by atoms with Crippen LogP contribution in [0.5, 0.6) is 0 Å². The molecule has 0 saturated carbocycles. The molecule has 0 spiro atoms. The Morgan fingerprint density at radius 3 is 2.86 bits per heavy atom. The number of carbonyl (C=O) groups excluding carboxylic acids is 1. The van der Waals surface area contributed by atoms with Crippen LogP contribution in [0.2, 0.25) is 0 Å². The van der Waals surface area contributed by atoms with E-state index < -0.39 is 0 Å². The second-order valence-corrected chi connectivity index (χ2v) is 4.75. The number of carbonyl (C=O) groups is 1. The van der Waals surface area contributed by atoms with Crippen LogP contribution in [0.3, 0.4) is 0 Å². The van der Waals surface area contributed by atoms with Gasteiger partial charge in [0.15, 0.2) is 0 Å². The topological polar surface area (TPSA) is 20.3 Å². The van der Waals surface area contributed by atoms with Crippen molar-refractivity contribution in [2.24, 2.45) is 0 Å². The van der Waals surface area contributed by atoms with E-state index in [0.29, 0.717) is 0 Å². The Labute approximate surface area is 90.7 Å². The normalized spacial score (nSPS) is 23.9. The predicted octanol–water partition coefficient (Wildman–Crippen LogP) is 2.31. The van der Waals surface area contributed by atoms with Crippen molar-refractivity contribution in [2.45, 2.75) is 31.4 Å². The molecule has 0 aromatic heterocycles. The summed E-state index contributed by atoms with van der Waals surface area (Å²) in [7, 11) is 0. The Morgan fingerprint density at radius 1 is 1.43 bits per heavy atom. The van der Waals surface area contributed by atoms with E-state index in [9.17, 15) is 4.79 Å². The summed E-state index contributed by atoms with van der Waals surface area (Å²) in [6.07, 6.45) is 9.19. The molecule has 0 N–H and O–H groups in total. The van der Waals surface area contributed by atoms with E-state index in [0.717, 1.165) is 31.2 Å². The Hall–Kier alpha value is -0.440. The first-order chi connectivity index (χ1) is 6.77. The highest BCUT2D eigenvalue weighted by molar-refractivity contribution is 7.99. The summed E-state index contributed by atoms with van der Waals surface area (Å²) in [5.41, 5.74) is 0. The molecule has 0 aromatic rings. The Kier molecular flexibility index (Phi) is 5.09. The van der Waals surface area contributed by atoms with Gasteiger partial charge in [-0.3, -0.25) is 4.79 Å². The number of thioether (sulfide) groups is 1. The fraction of sp³-hybridized carbons (Fsp3) is 0.727. The van der Waals surface area contributed by atoms with Gasteiger partial charge in [0.2, 0.25) is 5.91 Å². The fourth-order valence-electron chi connectivity index (χ4n) is 1.77. The molecule has 1 aliphatic heterocycles. The monoisotopic (exact) mass is 213 g/mol. The molecule has 0 bridgehead atoms. The SMILES string of the molecule is C/C=C/C(=O)N1CCCC(SC)CC1. The molecule has 14 heavy (non-hydrogen) atoms. The molecule has 0 radical (unpaired) electrons.